The van der Waals surface area contributed by atoms with E-state index in [0.29, 0.717) is 17.1 Å². The van der Waals surface area contributed by atoms with E-state index < -0.39 is 0 Å². The van der Waals surface area contributed by atoms with Crippen molar-refractivity contribution in [1.82, 2.24) is 5.32 Å². The van der Waals surface area contributed by atoms with Crippen molar-refractivity contribution < 1.29 is 4.79 Å². The maximum absolute atomic E-state index is 11.3. The molecule has 0 fully saturated rings. The highest BCUT2D eigenvalue weighted by atomic mass is 35.5. The molecular formula is C9H11Cl2NO. The van der Waals surface area contributed by atoms with Crippen molar-refractivity contribution >= 4 is 29.8 Å². The lowest BCUT2D eigenvalue weighted by atomic mass is 10.1. The second-order valence-corrected chi connectivity index (χ2v) is 2.84. The molecule has 0 saturated carbocycles. The first-order valence-corrected chi connectivity index (χ1v) is 4.06. The van der Waals surface area contributed by atoms with Crippen molar-refractivity contribution in [3.8, 4) is 0 Å². The summed E-state index contributed by atoms with van der Waals surface area (Å²) in [5.41, 5.74) is 0.577. The molecule has 0 spiro atoms. The molecule has 13 heavy (non-hydrogen) atoms. The van der Waals surface area contributed by atoms with E-state index in [1.807, 2.05) is 0 Å². The average molecular weight is 220 g/mol. The summed E-state index contributed by atoms with van der Waals surface area (Å²) < 4.78 is 0. The van der Waals surface area contributed by atoms with Gasteiger partial charge in [0.1, 0.15) is 0 Å². The van der Waals surface area contributed by atoms with Crippen molar-refractivity contribution in [3.05, 3.63) is 34.9 Å². The topological polar surface area (TPSA) is 29.1 Å². The molecule has 0 aliphatic heterocycles. The van der Waals surface area contributed by atoms with Gasteiger partial charge in [-0.1, -0.05) is 23.7 Å². The van der Waals surface area contributed by atoms with Crippen LogP contribution in [-0.2, 0) is 0 Å². The molecule has 0 saturated heterocycles. The number of halogens is 2. The number of likely N-dealkylation sites (N-methyl/N-ethyl adjacent to an activating group) is 1. The Morgan fingerprint density at radius 2 is 2.08 bits per heavy atom. The van der Waals surface area contributed by atoms with E-state index >= 15 is 0 Å². The van der Waals surface area contributed by atoms with Crippen LogP contribution >= 0.6 is 24.0 Å². The fraction of sp³-hybridized carbons (Fsp3) is 0.222. The quantitative estimate of drug-likeness (QED) is 0.791. The molecule has 0 bridgehead atoms. The van der Waals surface area contributed by atoms with Gasteiger partial charge in [0.25, 0.3) is 0 Å². The normalized spacial score (nSPS) is 9.08. The van der Waals surface area contributed by atoms with Crippen molar-refractivity contribution in [2.24, 2.45) is 0 Å². The Kier molecular flexibility index (Phi) is 5.71. The average Bonchev–Trinajstić information content (AvgIpc) is 2.05. The number of carbonyl (C=O) groups excluding carboxylic acids is 1. The zero-order valence-electron chi connectivity index (χ0n) is 7.21. The first-order valence-electron chi connectivity index (χ1n) is 3.68. The second-order valence-electron chi connectivity index (χ2n) is 2.43. The third kappa shape index (κ3) is 3.35. The molecule has 0 heterocycles. The van der Waals surface area contributed by atoms with Gasteiger partial charge >= 0.3 is 0 Å². The Balaban J connectivity index is 0.00000144. The molecular weight excluding hydrogens is 209 g/mol. The molecule has 4 heteroatoms. The Morgan fingerprint density at radius 1 is 1.46 bits per heavy atom. The molecule has 0 aliphatic carbocycles. The Morgan fingerprint density at radius 3 is 2.62 bits per heavy atom. The lowest BCUT2D eigenvalue weighted by Crippen LogP contribution is -2.18. The number of hydrogen-bond acceptors (Lipinski definition) is 2. The van der Waals surface area contributed by atoms with Gasteiger partial charge in [0.2, 0.25) is 0 Å². The Bertz CT molecular complexity index is 289. The minimum Gasteiger partial charge on any atom is -0.313 e. The standard InChI is InChI=1S/C9H10ClNO.ClH/c1-11-6-9(12)7-4-2-3-5-8(7)10;/h2-5,11H,6H2,1H3;1H. The van der Waals surface area contributed by atoms with Gasteiger partial charge in [-0.2, -0.15) is 0 Å². The molecule has 0 radical (unpaired) electrons. The van der Waals surface area contributed by atoms with E-state index in [-0.39, 0.29) is 18.2 Å². The summed E-state index contributed by atoms with van der Waals surface area (Å²) in [4.78, 5) is 11.3. The fourth-order valence-electron chi connectivity index (χ4n) is 0.943. The number of benzene rings is 1. The van der Waals surface area contributed by atoms with E-state index in [1.54, 1.807) is 31.3 Å². The molecule has 1 rings (SSSR count). The largest absolute Gasteiger partial charge is 0.313 e. The highest BCUT2D eigenvalue weighted by molar-refractivity contribution is 6.34. The van der Waals surface area contributed by atoms with Crippen LogP contribution in [-0.4, -0.2) is 19.4 Å². The maximum Gasteiger partial charge on any atom is 0.178 e. The first-order chi connectivity index (χ1) is 5.75. The predicted octanol–water partition coefficient (Wildman–Crippen LogP) is 2.16. The smallest absolute Gasteiger partial charge is 0.178 e. The molecule has 0 aliphatic rings. The Labute approximate surface area is 88.7 Å². The van der Waals surface area contributed by atoms with Crippen LogP contribution in [0.25, 0.3) is 0 Å². The summed E-state index contributed by atoms with van der Waals surface area (Å²) in [5, 5.41) is 3.30. The number of ketones is 1. The fourth-order valence-corrected chi connectivity index (χ4v) is 1.18. The summed E-state index contributed by atoms with van der Waals surface area (Å²) in [5.74, 6) is 0.0168. The van der Waals surface area contributed by atoms with Gasteiger partial charge < -0.3 is 5.32 Å². The monoisotopic (exact) mass is 219 g/mol. The van der Waals surface area contributed by atoms with Crippen LogP contribution < -0.4 is 5.32 Å². The number of carbonyl (C=O) groups is 1. The van der Waals surface area contributed by atoms with Gasteiger partial charge in [0.15, 0.2) is 5.78 Å². The highest BCUT2D eigenvalue weighted by Crippen LogP contribution is 2.14. The zero-order valence-corrected chi connectivity index (χ0v) is 8.78. The van der Waals surface area contributed by atoms with Crippen LogP contribution in [0.2, 0.25) is 5.02 Å². The molecule has 1 N–H and O–H groups in total. The SMILES string of the molecule is CNCC(=O)c1ccccc1Cl.Cl. The van der Waals surface area contributed by atoms with Gasteiger partial charge in [-0.25, -0.2) is 0 Å². The van der Waals surface area contributed by atoms with Gasteiger partial charge in [0.05, 0.1) is 11.6 Å². The van der Waals surface area contributed by atoms with E-state index in [9.17, 15) is 4.79 Å². The maximum atomic E-state index is 11.3. The highest BCUT2D eigenvalue weighted by Gasteiger charge is 2.06. The summed E-state index contributed by atoms with van der Waals surface area (Å²) >= 11 is 5.81. The van der Waals surface area contributed by atoms with Crippen LogP contribution in [0.3, 0.4) is 0 Å². The van der Waals surface area contributed by atoms with E-state index in [1.165, 1.54) is 0 Å². The molecule has 1 aromatic carbocycles. The van der Waals surface area contributed by atoms with Crippen LogP contribution in [0, 0.1) is 0 Å². The van der Waals surface area contributed by atoms with Crippen LogP contribution in [0.15, 0.2) is 24.3 Å². The number of rotatable bonds is 3. The van der Waals surface area contributed by atoms with Crippen molar-refractivity contribution in [2.45, 2.75) is 0 Å². The number of nitrogens with one attached hydrogen (secondary N) is 1. The molecule has 0 unspecified atom stereocenters. The molecule has 2 nitrogen and oxygen atoms in total. The summed E-state index contributed by atoms with van der Waals surface area (Å²) in [7, 11) is 1.73. The minimum atomic E-state index is 0. The van der Waals surface area contributed by atoms with Crippen LogP contribution in [0.1, 0.15) is 10.4 Å². The third-order valence-electron chi connectivity index (χ3n) is 1.51. The zero-order chi connectivity index (χ0) is 8.97. The first kappa shape index (κ1) is 12.4. The summed E-state index contributed by atoms with van der Waals surface area (Å²) in [6, 6.07) is 7.04. The molecule has 0 aromatic heterocycles. The van der Waals surface area contributed by atoms with Crippen LogP contribution in [0.5, 0.6) is 0 Å². The van der Waals surface area contributed by atoms with Crippen LogP contribution in [0.4, 0.5) is 0 Å². The summed E-state index contributed by atoms with van der Waals surface area (Å²) in [6.45, 7) is 0.323. The van der Waals surface area contributed by atoms with Gasteiger partial charge in [-0.3, -0.25) is 4.79 Å². The van der Waals surface area contributed by atoms with Gasteiger partial charge in [-0.05, 0) is 19.2 Å². The van der Waals surface area contributed by atoms with E-state index in [2.05, 4.69) is 5.32 Å². The third-order valence-corrected chi connectivity index (χ3v) is 1.84. The lowest BCUT2D eigenvalue weighted by Gasteiger charge is -2.01. The Hall–Kier alpha value is -0.570. The molecule has 0 amide bonds. The van der Waals surface area contributed by atoms with E-state index in [4.69, 9.17) is 11.6 Å². The van der Waals surface area contributed by atoms with E-state index in [0.717, 1.165) is 0 Å². The van der Waals surface area contributed by atoms with Gasteiger partial charge in [0, 0.05) is 5.56 Å². The predicted molar refractivity (Wildman–Crippen MR) is 57.0 cm³/mol. The van der Waals surface area contributed by atoms with Crippen molar-refractivity contribution in [3.63, 3.8) is 0 Å². The van der Waals surface area contributed by atoms with Crippen molar-refractivity contribution in [2.75, 3.05) is 13.6 Å². The lowest BCUT2D eigenvalue weighted by molar-refractivity contribution is 0.0994. The van der Waals surface area contributed by atoms with Crippen molar-refractivity contribution in [1.29, 1.82) is 0 Å². The molecule has 0 atom stereocenters. The molecule has 72 valence electrons. The number of hydrogen-bond donors (Lipinski definition) is 1. The number of Topliss-reactive ketones (excluding diaryl/α,β-unsaturated/α-hetero) is 1. The minimum absolute atomic E-state index is 0. The second kappa shape index (κ2) is 5.97. The van der Waals surface area contributed by atoms with Gasteiger partial charge in [-0.15, -0.1) is 12.4 Å². The summed E-state index contributed by atoms with van der Waals surface area (Å²) in [6.07, 6.45) is 0. The molecule has 1 aromatic rings.